The zero-order chi connectivity index (χ0) is 21.2. The molecule has 3 aromatic rings. The van der Waals surface area contributed by atoms with Crippen LogP contribution in [-0.4, -0.2) is 35.7 Å². The lowest BCUT2D eigenvalue weighted by atomic mass is 10.1. The second-order valence-electron chi connectivity index (χ2n) is 6.84. The first-order valence-electron chi connectivity index (χ1n) is 8.78. The number of anilines is 2. The number of amides is 1. The molecule has 0 atom stereocenters. The highest BCUT2D eigenvalue weighted by molar-refractivity contribution is 7.92. The van der Waals surface area contributed by atoms with E-state index in [4.69, 9.17) is 4.52 Å². The molecule has 0 aliphatic carbocycles. The molecular weight excluding hydrogens is 414 g/mol. The number of hydrogen-bond donors (Lipinski definition) is 2. The van der Waals surface area contributed by atoms with Crippen LogP contribution >= 0.6 is 11.3 Å². The van der Waals surface area contributed by atoms with E-state index in [0.29, 0.717) is 34.4 Å². The van der Waals surface area contributed by atoms with Crippen LogP contribution in [0.1, 0.15) is 52.4 Å². The van der Waals surface area contributed by atoms with Crippen LogP contribution in [0.4, 0.5) is 10.8 Å². The van der Waals surface area contributed by atoms with Gasteiger partial charge in [-0.15, -0.1) is 0 Å². The van der Waals surface area contributed by atoms with Gasteiger partial charge in [-0.1, -0.05) is 42.5 Å². The van der Waals surface area contributed by atoms with Crippen LogP contribution in [0, 0.1) is 6.92 Å². The minimum atomic E-state index is -3.45. The Hall–Kier alpha value is -2.79. The van der Waals surface area contributed by atoms with Crippen LogP contribution in [0.2, 0.25) is 0 Å². The summed E-state index contributed by atoms with van der Waals surface area (Å²) in [6, 6.07) is 7.31. The van der Waals surface area contributed by atoms with Crippen LogP contribution < -0.4 is 10.0 Å². The predicted molar refractivity (Wildman–Crippen MR) is 111 cm³/mol. The van der Waals surface area contributed by atoms with Crippen LogP contribution in [0.5, 0.6) is 0 Å². The summed E-state index contributed by atoms with van der Waals surface area (Å²) in [4.78, 5) is 21.3. The largest absolute Gasteiger partial charge is 0.339 e. The molecule has 29 heavy (non-hydrogen) atoms. The van der Waals surface area contributed by atoms with Crippen molar-refractivity contribution >= 4 is 38.1 Å². The number of carbonyl (C=O) groups is 1. The number of carbonyl (C=O) groups excluding carboxylic acids is 1. The van der Waals surface area contributed by atoms with Gasteiger partial charge in [0, 0.05) is 18.0 Å². The van der Waals surface area contributed by atoms with Gasteiger partial charge in [0.2, 0.25) is 15.9 Å². The second-order valence-corrected chi connectivity index (χ2v) is 9.59. The topological polar surface area (TPSA) is 127 Å². The highest BCUT2D eigenvalue weighted by Gasteiger charge is 2.17. The molecule has 0 saturated carbocycles. The number of thiazole rings is 1. The predicted octanol–water partition coefficient (Wildman–Crippen LogP) is 3.17. The average Bonchev–Trinajstić information content (AvgIpc) is 3.22. The monoisotopic (exact) mass is 435 g/mol. The smallest absolute Gasteiger partial charge is 0.267 e. The third kappa shape index (κ3) is 5.61. The molecule has 2 N–H and O–H groups in total. The van der Waals surface area contributed by atoms with E-state index >= 15 is 0 Å². The third-order valence-corrected chi connectivity index (χ3v) is 5.59. The van der Waals surface area contributed by atoms with E-state index in [1.807, 2.05) is 26.0 Å². The van der Waals surface area contributed by atoms with Gasteiger partial charge in [0.05, 0.1) is 11.9 Å². The summed E-state index contributed by atoms with van der Waals surface area (Å²) < 4.78 is 30.1. The number of benzene rings is 1. The zero-order valence-electron chi connectivity index (χ0n) is 16.4. The lowest BCUT2D eigenvalue weighted by Gasteiger charge is -2.05. The summed E-state index contributed by atoms with van der Waals surface area (Å²) >= 11 is 0.983. The van der Waals surface area contributed by atoms with Gasteiger partial charge in [-0.05, 0) is 24.6 Å². The molecule has 0 spiro atoms. The third-order valence-electron chi connectivity index (χ3n) is 3.83. The molecule has 1 aromatic carbocycles. The van der Waals surface area contributed by atoms with Crippen molar-refractivity contribution in [2.75, 3.05) is 16.3 Å². The number of aryl methyl sites for hydroxylation is 1. The van der Waals surface area contributed by atoms with Crippen molar-refractivity contribution in [1.29, 1.82) is 0 Å². The van der Waals surface area contributed by atoms with Crippen molar-refractivity contribution in [1.82, 2.24) is 15.1 Å². The first-order chi connectivity index (χ1) is 13.6. The van der Waals surface area contributed by atoms with Crippen LogP contribution in [0.3, 0.4) is 0 Å². The fourth-order valence-corrected chi connectivity index (χ4v) is 4.16. The lowest BCUT2D eigenvalue weighted by molar-refractivity contribution is 0.103. The van der Waals surface area contributed by atoms with Crippen molar-refractivity contribution in [2.45, 2.75) is 33.1 Å². The standard InChI is InChI=1S/C18H21N5O4S2/c1-10(2)17-21-14(22-27-17)9-12-5-7-13(8-6-12)20-16(24)15-11(3)19-18(28-15)23-29(4,25)26/h5-8,10H,9H2,1-4H3,(H,19,23)(H,20,24). The van der Waals surface area contributed by atoms with E-state index in [1.165, 1.54) is 0 Å². The Morgan fingerprint density at radius 1 is 1.21 bits per heavy atom. The molecule has 154 valence electrons. The fraction of sp³-hybridized carbons (Fsp3) is 0.333. The Kier molecular flexibility index (Phi) is 5.99. The first-order valence-corrected chi connectivity index (χ1v) is 11.5. The number of aromatic nitrogens is 3. The molecule has 2 heterocycles. The van der Waals surface area contributed by atoms with Gasteiger partial charge in [0.25, 0.3) is 5.91 Å². The van der Waals surface area contributed by atoms with Gasteiger partial charge < -0.3 is 9.84 Å². The van der Waals surface area contributed by atoms with E-state index in [9.17, 15) is 13.2 Å². The Bertz CT molecular complexity index is 1120. The van der Waals surface area contributed by atoms with Gasteiger partial charge >= 0.3 is 0 Å². The van der Waals surface area contributed by atoms with Crippen molar-refractivity contribution in [2.24, 2.45) is 0 Å². The van der Waals surface area contributed by atoms with Crippen LogP contribution in [0.25, 0.3) is 0 Å². The lowest BCUT2D eigenvalue weighted by Crippen LogP contribution is -2.11. The van der Waals surface area contributed by atoms with E-state index in [-0.39, 0.29) is 17.0 Å². The van der Waals surface area contributed by atoms with Gasteiger partial charge in [0.1, 0.15) is 4.88 Å². The van der Waals surface area contributed by atoms with Crippen molar-refractivity contribution in [3.8, 4) is 0 Å². The van der Waals surface area contributed by atoms with E-state index in [0.717, 1.165) is 23.2 Å². The normalized spacial score (nSPS) is 11.6. The number of sulfonamides is 1. The highest BCUT2D eigenvalue weighted by atomic mass is 32.2. The summed E-state index contributed by atoms with van der Waals surface area (Å²) in [7, 11) is -3.45. The van der Waals surface area contributed by atoms with Crippen molar-refractivity contribution in [3.05, 3.63) is 52.1 Å². The molecule has 0 aliphatic heterocycles. The number of nitrogens with one attached hydrogen (secondary N) is 2. The summed E-state index contributed by atoms with van der Waals surface area (Å²) in [5.41, 5.74) is 2.04. The Morgan fingerprint density at radius 2 is 1.90 bits per heavy atom. The summed E-state index contributed by atoms with van der Waals surface area (Å²) in [6.45, 7) is 5.62. The fourth-order valence-electron chi connectivity index (χ4n) is 2.46. The van der Waals surface area contributed by atoms with E-state index in [2.05, 4.69) is 25.2 Å². The molecular formula is C18H21N5O4S2. The molecule has 0 saturated heterocycles. The molecule has 0 bridgehead atoms. The van der Waals surface area contributed by atoms with Crippen molar-refractivity contribution < 1.29 is 17.7 Å². The first kappa shape index (κ1) is 20.9. The summed E-state index contributed by atoms with van der Waals surface area (Å²) in [6.07, 6.45) is 1.56. The number of rotatable bonds is 7. The zero-order valence-corrected chi connectivity index (χ0v) is 18.0. The number of nitrogens with zero attached hydrogens (tertiary/aromatic N) is 3. The minimum absolute atomic E-state index is 0.159. The van der Waals surface area contributed by atoms with Gasteiger partial charge in [0.15, 0.2) is 11.0 Å². The maximum atomic E-state index is 12.5. The maximum absolute atomic E-state index is 12.5. The van der Waals surface area contributed by atoms with E-state index in [1.54, 1.807) is 19.1 Å². The van der Waals surface area contributed by atoms with Gasteiger partial charge in [-0.3, -0.25) is 9.52 Å². The molecule has 2 aromatic heterocycles. The second kappa shape index (κ2) is 8.29. The Labute approximate surface area is 172 Å². The maximum Gasteiger partial charge on any atom is 0.267 e. The summed E-state index contributed by atoms with van der Waals surface area (Å²) in [5, 5.41) is 6.92. The molecule has 0 aliphatic rings. The van der Waals surface area contributed by atoms with Gasteiger partial charge in [-0.2, -0.15) is 4.98 Å². The van der Waals surface area contributed by atoms with E-state index < -0.39 is 10.0 Å². The molecule has 0 radical (unpaired) electrons. The highest BCUT2D eigenvalue weighted by Crippen LogP contribution is 2.24. The molecule has 0 fully saturated rings. The molecule has 11 heteroatoms. The average molecular weight is 436 g/mol. The molecule has 9 nitrogen and oxygen atoms in total. The van der Waals surface area contributed by atoms with Gasteiger partial charge in [-0.25, -0.2) is 13.4 Å². The molecule has 3 rings (SSSR count). The molecule has 0 unspecified atom stereocenters. The van der Waals surface area contributed by atoms with Crippen LogP contribution in [0.15, 0.2) is 28.8 Å². The Morgan fingerprint density at radius 3 is 2.48 bits per heavy atom. The van der Waals surface area contributed by atoms with Crippen LogP contribution in [-0.2, 0) is 16.4 Å². The molecule has 1 amide bonds. The summed E-state index contributed by atoms with van der Waals surface area (Å²) in [5.74, 6) is 1.04. The van der Waals surface area contributed by atoms with Crippen molar-refractivity contribution in [3.63, 3.8) is 0 Å². The Balaban J connectivity index is 1.65. The quantitative estimate of drug-likeness (QED) is 0.583. The number of hydrogen-bond acceptors (Lipinski definition) is 8. The minimum Gasteiger partial charge on any atom is -0.339 e. The SMILES string of the molecule is Cc1nc(NS(C)(=O)=O)sc1C(=O)Nc1ccc(Cc2noc(C(C)C)n2)cc1.